The maximum Gasteiger partial charge on any atom is 0.226 e. The Balaban J connectivity index is 1.54. The Morgan fingerprint density at radius 1 is 1.15 bits per heavy atom. The first-order valence-electron chi connectivity index (χ1n) is 7.79. The summed E-state index contributed by atoms with van der Waals surface area (Å²) in [7, 11) is 0. The van der Waals surface area contributed by atoms with E-state index in [4.69, 9.17) is 0 Å². The Kier molecular flexibility index (Phi) is 3.25. The van der Waals surface area contributed by atoms with E-state index in [2.05, 4.69) is 35.2 Å². The fourth-order valence-corrected chi connectivity index (χ4v) is 5.29. The highest BCUT2D eigenvalue weighted by Gasteiger charge is 2.58. The maximum atomic E-state index is 12.9. The van der Waals surface area contributed by atoms with Crippen molar-refractivity contribution < 1.29 is 4.79 Å². The Labute approximate surface area is 124 Å². The van der Waals surface area contributed by atoms with E-state index < -0.39 is 0 Å². The minimum Gasteiger partial charge on any atom is -0.334 e. The highest BCUT2D eigenvalue weighted by Crippen LogP contribution is 2.58. The molecule has 3 aliphatic rings. The molecule has 1 aromatic rings. The standard InChI is InChI=1S/C17H21NOS/c19-17(16-13-7-4-8-14(13)16)18-9-10-20-11-15(18)12-5-2-1-3-6-12/h1-3,5-6,13-16H,4,7-11H2. The lowest BCUT2D eigenvalue weighted by molar-refractivity contribution is -0.135. The van der Waals surface area contributed by atoms with Gasteiger partial charge in [-0.1, -0.05) is 36.8 Å². The van der Waals surface area contributed by atoms with Gasteiger partial charge < -0.3 is 4.90 Å². The van der Waals surface area contributed by atoms with Gasteiger partial charge in [-0.2, -0.15) is 11.8 Å². The van der Waals surface area contributed by atoms with Crippen LogP contribution in [0.5, 0.6) is 0 Å². The summed E-state index contributed by atoms with van der Waals surface area (Å²) in [6, 6.07) is 10.9. The zero-order valence-electron chi connectivity index (χ0n) is 11.7. The van der Waals surface area contributed by atoms with E-state index in [0.29, 0.717) is 17.9 Å². The lowest BCUT2D eigenvalue weighted by atomic mass is 10.0. The number of carbonyl (C=O) groups excluding carboxylic acids is 1. The van der Waals surface area contributed by atoms with Crippen molar-refractivity contribution in [3.8, 4) is 0 Å². The van der Waals surface area contributed by atoms with Crippen LogP contribution in [-0.2, 0) is 4.79 Å². The summed E-state index contributed by atoms with van der Waals surface area (Å²) in [6.07, 6.45) is 3.93. The maximum absolute atomic E-state index is 12.9. The molecule has 1 saturated heterocycles. The van der Waals surface area contributed by atoms with Gasteiger partial charge in [0, 0.05) is 24.0 Å². The first kappa shape index (κ1) is 12.8. The number of amides is 1. The minimum absolute atomic E-state index is 0.295. The molecule has 0 aromatic heterocycles. The molecule has 0 radical (unpaired) electrons. The second kappa shape index (κ2) is 5.10. The molecular weight excluding hydrogens is 266 g/mol. The third-order valence-electron chi connectivity index (χ3n) is 5.29. The second-order valence-electron chi connectivity index (χ2n) is 6.32. The molecule has 1 heterocycles. The molecule has 0 spiro atoms. The summed E-state index contributed by atoms with van der Waals surface area (Å²) in [4.78, 5) is 15.1. The largest absolute Gasteiger partial charge is 0.334 e. The summed E-state index contributed by atoms with van der Waals surface area (Å²) in [5, 5.41) is 0. The molecule has 1 aromatic carbocycles. The molecule has 20 heavy (non-hydrogen) atoms. The zero-order valence-corrected chi connectivity index (χ0v) is 12.5. The van der Waals surface area contributed by atoms with Gasteiger partial charge in [0.2, 0.25) is 5.91 Å². The normalized spacial score (nSPS) is 35.7. The van der Waals surface area contributed by atoms with Crippen molar-refractivity contribution in [1.82, 2.24) is 4.90 Å². The third kappa shape index (κ3) is 2.07. The summed E-state index contributed by atoms with van der Waals surface area (Å²) in [6.45, 7) is 0.930. The van der Waals surface area contributed by atoms with Gasteiger partial charge in [0.1, 0.15) is 0 Å². The smallest absolute Gasteiger partial charge is 0.226 e. The van der Waals surface area contributed by atoms with Crippen LogP contribution in [0.2, 0.25) is 0 Å². The summed E-state index contributed by atoms with van der Waals surface area (Å²) in [5.74, 6) is 4.43. The molecule has 2 aliphatic carbocycles. The summed E-state index contributed by atoms with van der Waals surface area (Å²) in [5.41, 5.74) is 1.30. The van der Waals surface area contributed by atoms with Gasteiger partial charge in [0.25, 0.3) is 0 Å². The number of benzene rings is 1. The van der Waals surface area contributed by atoms with Crippen LogP contribution in [0.25, 0.3) is 0 Å². The van der Waals surface area contributed by atoms with Crippen LogP contribution >= 0.6 is 11.8 Å². The van der Waals surface area contributed by atoms with Crippen molar-refractivity contribution in [2.24, 2.45) is 17.8 Å². The van der Waals surface area contributed by atoms with Crippen molar-refractivity contribution >= 4 is 17.7 Å². The average Bonchev–Trinajstić information content (AvgIpc) is 2.99. The second-order valence-corrected chi connectivity index (χ2v) is 7.47. The zero-order chi connectivity index (χ0) is 13.5. The molecule has 2 nitrogen and oxygen atoms in total. The van der Waals surface area contributed by atoms with Crippen LogP contribution in [-0.4, -0.2) is 28.9 Å². The highest BCUT2D eigenvalue weighted by atomic mass is 32.2. The summed E-state index contributed by atoms with van der Waals surface area (Å²) < 4.78 is 0. The Bertz CT molecular complexity index is 493. The lowest BCUT2D eigenvalue weighted by Gasteiger charge is -2.36. The van der Waals surface area contributed by atoms with Crippen LogP contribution < -0.4 is 0 Å². The number of hydrogen-bond donors (Lipinski definition) is 0. The fourth-order valence-electron chi connectivity index (χ4n) is 4.20. The van der Waals surface area contributed by atoms with Gasteiger partial charge in [-0.3, -0.25) is 4.79 Å². The van der Waals surface area contributed by atoms with Crippen molar-refractivity contribution in [3.63, 3.8) is 0 Å². The van der Waals surface area contributed by atoms with E-state index in [1.54, 1.807) is 0 Å². The molecule has 3 heteroatoms. The van der Waals surface area contributed by atoms with E-state index in [1.807, 2.05) is 11.8 Å². The quantitative estimate of drug-likeness (QED) is 0.831. The van der Waals surface area contributed by atoms with Crippen LogP contribution in [0.15, 0.2) is 30.3 Å². The van der Waals surface area contributed by atoms with Crippen molar-refractivity contribution in [2.75, 3.05) is 18.1 Å². The number of hydrogen-bond acceptors (Lipinski definition) is 2. The number of fused-ring (bicyclic) bond motifs is 1. The van der Waals surface area contributed by atoms with Crippen molar-refractivity contribution in [2.45, 2.75) is 25.3 Å². The van der Waals surface area contributed by atoms with E-state index >= 15 is 0 Å². The van der Waals surface area contributed by atoms with E-state index in [0.717, 1.165) is 29.9 Å². The molecule has 1 amide bonds. The third-order valence-corrected chi connectivity index (χ3v) is 6.31. The van der Waals surface area contributed by atoms with Gasteiger partial charge >= 0.3 is 0 Å². The first-order valence-corrected chi connectivity index (χ1v) is 8.95. The van der Waals surface area contributed by atoms with E-state index in [-0.39, 0.29) is 0 Å². The first-order chi connectivity index (χ1) is 9.86. The predicted molar refractivity (Wildman–Crippen MR) is 82.5 cm³/mol. The van der Waals surface area contributed by atoms with Gasteiger partial charge in [-0.05, 0) is 30.2 Å². The molecule has 3 atom stereocenters. The predicted octanol–water partition coefficient (Wildman–Crippen LogP) is 3.35. The van der Waals surface area contributed by atoms with Gasteiger partial charge in [0.15, 0.2) is 0 Å². The molecular formula is C17H21NOS. The SMILES string of the molecule is O=C(C1C2CCCC21)N1CCSCC1c1ccccc1. The van der Waals surface area contributed by atoms with Crippen molar-refractivity contribution in [3.05, 3.63) is 35.9 Å². The Morgan fingerprint density at radius 3 is 2.65 bits per heavy atom. The highest BCUT2D eigenvalue weighted by molar-refractivity contribution is 7.99. The molecule has 3 fully saturated rings. The molecule has 2 saturated carbocycles. The van der Waals surface area contributed by atoms with Crippen molar-refractivity contribution in [1.29, 1.82) is 0 Å². The molecule has 3 unspecified atom stereocenters. The van der Waals surface area contributed by atoms with Gasteiger partial charge in [-0.15, -0.1) is 0 Å². The average molecular weight is 287 g/mol. The topological polar surface area (TPSA) is 20.3 Å². The Hall–Kier alpha value is -0.960. The van der Waals surface area contributed by atoms with E-state index in [9.17, 15) is 4.79 Å². The number of rotatable bonds is 2. The molecule has 1 aliphatic heterocycles. The Morgan fingerprint density at radius 2 is 1.90 bits per heavy atom. The van der Waals surface area contributed by atoms with Gasteiger partial charge in [-0.25, -0.2) is 0 Å². The molecule has 0 bridgehead atoms. The lowest BCUT2D eigenvalue weighted by Crippen LogP contribution is -2.42. The number of carbonyl (C=O) groups is 1. The molecule has 4 rings (SSSR count). The van der Waals surface area contributed by atoms with Gasteiger partial charge in [0.05, 0.1) is 6.04 Å². The monoisotopic (exact) mass is 287 g/mol. The van der Waals surface area contributed by atoms with Crippen LogP contribution in [0.3, 0.4) is 0 Å². The van der Waals surface area contributed by atoms with Crippen LogP contribution in [0, 0.1) is 17.8 Å². The number of thioether (sulfide) groups is 1. The summed E-state index contributed by atoms with van der Waals surface area (Å²) >= 11 is 1.98. The molecule has 106 valence electrons. The fraction of sp³-hybridized carbons (Fsp3) is 0.588. The number of nitrogens with zero attached hydrogens (tertiary/aromatic N) is 1. The molecule has 0 N–H and O–H groups in total. The van der Waals surface area contributed by atoms with E-state index in [1.165, 1.54) is 24.8 Å². The van der Waals surface area contributed by atoms with Crippen LogP contribution in [0.1, 0.15) is 30.9 Å². The minimum atomic E-state index is 0.295. The van der Waals surface area contributed by atoms with Crippen LogP contribution in [0.4, 0.5) is 0 Å².